The summed E-state index contributed by atoms with van der Waals surface area (Å²) in [4.78, 5) is 20.6. The molecule has 0 bridgehead atoms. The number of halogens is 3. The van der Waals surface area contributed by atoms with Crippen molar-refractivity contribution < 1.29 is 18.3 Å². The second-order valence-electron chi connectivity index (χ2n) is 10.5. The number of nitrogens with zero attached hydrogens (tertiary/aromatic N) is 3. The monoisotopic (exact) mass is 517 g/mol. The Morgan fingerprint density at radius 2 is 1.61 bits per heavy atom. The summed E-state index contributed by atoms with van der Waals surface area (Å²) in [7, 11) is 0. The molecule has 0 spiro atoms. The molecule has 36 heavy (non-hydrogen) atoms. The molecule has 3 aliphatic heterocycles. The lowest BCUT2D eigenvalue weighted by molar-refractivity contribution is -0.137. The standard InChI is InChI=1S/C28H34ClF2N3O2/c1-18-14-33(15-19(2)34(18)23-6-3-20(29)4-7-23)28(35)26-17-32(22-9-11-36-12-10-22)16-25(26)24-8-5-21(30)13-27(24)31/h3-8,13,18-19,22,25-26H,9-12,14-17H2,1-2H3/t18-,19+,25-,26+/m1/s1. The average molecular weight is 518 g/mol. The van der Waals surface area contributed by atoms with E-state index >= 15 is 0 Å². The Bertz CT molecular complexity index is 1070. The zero-order valence-corrected chi connectivity index (χ0v) is 21.6. The SMILES string of the molecule is C[C@@H]1CN(C(=O)[C@H]2CN(C3CCOCC3)C[C@@H]2c2ccc(F)cc2F)C[C@H](C)N1c1ccc(Cl)cc1. The van der Waals surface area contributed by atoms with Crippen molar-refractivity contribution in [1.29, 1.82) is 0 Å². The fourth-order valence-electron chi connectivity index (χ4n) is 6.41. The van der Waals surface area contributed by atoms with E-state index in [0.717, 1.165) is 24.6 Å². The molecular weight excluding hydrogens is 484 g/mol. The maximum Gasteiger partial charge on any atom is 0.227 e. The number of rotatable bonds is 4. The van der Waals surface area contributed by atoms with Gasteiger partial charge in [-0.1, -0.05) is 17.7 Å². The number of piperazine rings is 1. The molecule has 8 heteroatoms. The Hall–Kier alpha value is -2.22. The van der Waals surface area contributed by atoms with Gasteiger partial charge in [-0.15, -0.1) is 0 Å². The van der Waals surface area contributed by atoms with Crippen LogP contribution in [-0.2, 0) is 9.53 Å². The third-order valence-electron chi connectivity index (χ3n) is 8.09. The van der Waals surface area contributed by atoms with Crippen LogP contribution in [0.15, 0.2) is 42.5 Å². The molecule has 2 aromatic rings. The summed E-state index contributed by atoms with van der Waals surface area (Å²) in [5.41, 5.74) is 1.52. The Morgan fingerprint density at radius 3 is 2.25 bits per heavy atom. The molecule has 4 atom stereocenters. The molecule has 3 aliphatic rings. The summed E-state index contributed by atoms with van der Waals surface area (Å²) < 4.78 is 34.1. The van der Waals surface area contributed by atoms with Gasteiger partial charge in [-0.2, -0.15) is 0 Å². The van der Waals surface area contributed by atoms with E-state index in [2.05, 4.69) is 23.6 Å². The number of likely N-dealkylation sites (tertiary alicyclic amines) is 1. The van der Waals surface area contributed by atoms with Crippen molar-refractivity contribution in [3.63, 3.8) is 0 Å². The van der Waals surface area contributed by atoms with E-state index in [1.807, 2.05) is 29.2 Å². The molecule has 194 valence electrons. The number of carbonyl (C=O) groups excluding carboxylic acids is 1. The fourth-order valence-corrected chi connectivity index (χ4v) is 6.54. The zero-order chi connectivity index (χ0) is 25.4. The summed E-state index contributed by atoms with van der Waals surface area (Å²) in [5, 5.41) is 0.697. The highest BCUT2D eigenvalue weighted by Gasteiger charge is 2.45. The normalized spacial score (nSPS) is 28.0. The lowest BCUT2D eigenvalue weighted by Crippen LogP contribution is -2.59. The maximum atomic E-state index is 14.9. The molecule has 2 aromatic carbocycles. The number of ether oxygens (including phenoxy) is 1. The lowest BCUT2D eigenvalue weighted by Gasteiger charge is -2.46. The first-order valence-electron chi connectivity index (χ1n) is 12.9. The van der Waals surface area contributed by atoms with Gasteiger partial charge in [-0.25, -0.2) is 8.78 Å². The van der Waals surface area contributed by atoms with Gasteiger partial charge in [0.1, 0.15) is 11.6 Å². The molecule has 0 radical (unpaired) electrons. The molecule has 0 N–H and O–H groups in total. The van der Waals surface area contributed by atoms with Crippen LogP contribution in [-0.4, -0.2) is 73.2 Å². The fraction of sp³-hybridized carbons (Fsp3) is 0.536. The Morgan fingerprint density at radius 1 is 0.944 bits per heavy atom. The number of hydrogen-bond donors (Lipinski definition) is 0. The first-order chi connectivity index (χ1) is 17.3. The van der Waals surface area contributed by atoms with Gasteiger partial charge in [0.15, 0.2) is 0 Å². The van der Waals surface area contributed by atoms with Crippen molar-refractivity contribution in [2.24, 2.45) is 5.92 Å². The predicted molar refractivity (Wildman–Crippen MR) is 137 cm³/mol. The van der Waals surface area contributed by atoms with Crippen molar-refractivity contribution in [3.8, 4) is 0 Å². The van der Waals surface area contributed by atoms with Crippen LogP contribution in [0.1, 0.15) is 38.2 Å². The Balaban J connectivity index is 1.37. The third-order valence-corrected chi connectivity index (χ3v) is 8.34. The molecule has 3 heterocycles. The highest BCUT2D eigenvalue weighted by atomic mass is 35.5. The van der Waals surface area contributed by atoms with Gasteiger partial charge in [0.25, 0.3) is 0 Å². The minimum Gasteiger partial charge on any atom is -0.381 e. The molecule has 5 nitrogen and oxygen atoms in total. The predicted octanol–water partition coefficient (Wildman–Crippen LogP) is 4.94. The van der Waals surface area contributed by atoms with E-state index in [4.69, 9.17) is 16.3 Å². The van der Waals surface area contributed by atoms with Crippen molar-refractivity contribution >= 4 is 23.2 Å². The van der Waals surface area contributed by atoms with Crippen molar-refractivity contribution in [2.45, 2.75) is 50.7 Å². The first-order valence-corrected chi connectivity index (χ1v) is 13.3. The molecule has 5 rings (SSSR count). The molecule has 0 unspecified atom stereocenters. The summed E-state index contributed by atoms with van der Waals surface area (Å²) in [6.07, 6.45) is 1.82. The first kappa shape index (κ1) is 25.4. The van der Waals surface area contributed by atoms with Gasteiger partial charge in [0.05, 0.1) is 5.92 Å². The van der Waals surface area contributed by atoms with E-state index in [9.17, 15) is 13.6 Å². The second-order valence-corrected chi connectivity index (χ2v) is 10.9. The highest BCUT2D eigenvalue weighted by molar-refractivity contribution is 6.30. The molecule has 1 amide bonds. The molecule has 0 aliphatic carbocycles. The van der Waals surface area contributed by atoms with E-state index in [1.165, 1.54) is 12.1 Å². The lowest BCUT2D eigenvalue weighted by atomic mass is 9.87. The van der Waals surface area contributed by atoms with Crippen LogP contribution in [0.3, 0.4) is 0 Å². The van der Waals surface area contributed by atoms with Crippen LogP contribution in [0, 0.1) is 17.6 Å². The van der Waals surface area contributed by atoms with E-state index in [1.54, 1.807) is 0 Å². The van der Waals surface area contributed by atoms with Crippen molar-refractivity contribution in [3.05, 3.63) is 64.7 Å². The van der Waals surface area contributed by atoms with Crippen LogP contribution in [0.4, 0.5) is 14.5 Å². The number of benzene rings is 2. The average Bonchev–Trinajstić information content (AvgIpc) is 3.30. The largest absolute Gasteiger partial charge is 0.381 e. The van der Waals surface area contributed by atoms with Gasteiger partial charge in [-0.05, 0) is 62.6 Å². The number of amides is 1. The second kappa shape index (κ2) is 10.6. The van der Waals surface area contributed by atoms with E-state index in [0.29, 0.717) is 56.0 Å². The quantitative estimate of drug-likeness (QED) is 0.575. The van der Waals surface area contributed by atoms with E-state index < -0.39 is 11.6 Å². The van der Waals surface area contributed by atoms with Crippen molar-refractivity contribution in [1.82, 2.24) is 9.80 Å². The number of anilines is 1. The summed E-state index contributed by atoms with van der Waals surface area (Å²) in [6.45, 7) is 8.05. The molecule has 3 fully saturated rings. The van der Waals surface area contributed by atoms with Gasteiger partial charge in [-0.3, -0.25) is 9.69 Å². The Labute approximate surface area is 216 Å². The van der Waals surface area contributed by atoms with Gasteiger partial charge in [0.2, 0.25) is 5.91 Å². The Kier molecular flexibility index (Phi) is 7.52. The van der Waals surface area contributed by atoms with Crippen LogP contribution in [0.25, 0.3) is 0 Å². The van der Waals surface area contributed by atoms with Crippen molar-refractivity contribution in [2.75, 3.05) is 44.3 Å². The molecule has 0 saturated carbocycles. The van der Waals surface area contributed by atoms with Crippen LogP contribution >= 0.6 is 11.6 Å². The zero-order valence-electron chi connectivity index (χ0n) is 20.9. The highest BCUT2D eigenvalue weighted by Crippen LogP contribution is 2.38. The molecular formula is C28H34ClF2N3O2. The van der Waals surface area contributed by atoms with Crippen LogP contribution in [0.2, 0.25) is 5.02 Å². The molecule has 3 saturated heterocycles. The maximum absolute atomic E-state index is 14.9. The summed E-state index contributed by atoms with van der Waals surface area (Å²) in [5.74, 6) is -1.77. The summed E-state index contributed by atoms with van der Waals surface area (Å²) >= 11 is 6.08. The summed E-state index contributed by atoms with van der Waals surface area (Å²) in [6, 6.07) is 12.1. The number of carbonyl (C=O) groups is 1. The van der Waals surface area contributed by atoms with Gasteiger partial charge < -0.3 is 14.5 Å². The van der Waals surface area contributed by atoms with Gasteiger partial charge >= 0.3 is 0 Å². The van der Waals surface area contributed by atoms with Crippen LogP contribution in [0.5, 0.6) is 0 Å². The minimum atomic E-state index is -0.598. The third kappa shape index (κ3) is 5.11. The topological polar surface area (TPSA) is 36.0 Å². The smallest absolute Gasteiger partial charge is 0.227 e. The minimum absolute atomic E-state index is 0.0627. The van der Waals surface area contributed by atoms with Crippen LogP contribution < -0.4 is 4.90 Å². The van der Waals surface area contributed by atoms with E-state index in [-0.39, 0.29) is 29.8 Å². The van der Waals surface area contributed by atoms with Gasteiger partial charge in [0, 0.05) is 80.2 Å². The number of hydrogen-bond acceptors (Lipinski definition) is 4. The molecule has 0 aromatic heterocycles.